The molecule has 0 aliphatic heterocycles. The predicted octanol–water partition coefficient (Wildman–Crippen LogP) is 2.53. The van der Waals surface area contributed by atoms with Gasteiger partial charge in [-0.2, -0.15) is 0 Å². The fourth-order valence-electron chi connectivity index (χ4n) is 2.45. The van der Waals surface area contributed by atoms with E-state index < -0.39 is 4.92 Å². The third kappa shape index (κ3) is 4.69. The molecular weight excluding hydrogens is 320 g/mol. The molecule has 0 bridgehead atoms. The maximum absolute atomic E-state index is 12.5. The molecule has 2 rings (SSSR count). The molecule has 1 N–H and O–H groups in total. The van der Waals surface area contributed by atoms with Gasteiger partial charge in [0.05, 0.1) is 10.5 Å². The van der Waals surface area contributed by atoms with Crippen LogP contribution in [0.3, 0.4) is 0 Å². The quantitative estimate of drug-likeness (QED) is 0.618. The summed E-state index contributed by atoms with van der Waals surface area (Å²) in [5.41, 5.74) is 1.89. The number of hydrogen-bond donors (Lipinski definition) is 1. The van der Waals surface area contributed by atoms with Crippen molar-refractivity contribution in [1.82, 2.24) is 5.32 Å². The van der Waals surface area contributed by atoms with Gasteiger partial charge in [-0.05, 0) is 18.2 Å². The number of nitrogens with zero attached hydrogens (tertiary/aromatic N) is 3. The van der Waals surface area contributed by atoms with Gasteiger partial charge in [0.25, 0.3) is 11.6 Å². The molecule has 0 heterocycles. The minimum Gasteiger partial charge on any atom is -0.377 e. The number of nitro groups is 1. The fourth-order valence-corrected chi connectivity index (χ4v) is 2.45. The first-order chi connectivity index (χ1) is 11.9. The van der Waals surface area contributed by atoms with Gasteiger partial charge in [-0.25, -0.2) is 0 Å². The molecule has 0 radical (unpaired) electrons. The molecule has 0 saturated carbocycles. The van der Waals surface area contributed by atoms with Crippen molar-refractivity contribution in [2.75, 3.05) is 44.0 Å². The third-order valence-electron chi connectivity index (χ3n) is 3.85. The number of nitro benzene ring substituents is 1. The standard InChI is InChI=1S/C18H22N4O3/c1-20(2)17-10-9-15(22(24)25)13-16(17)18(23)19-11-12-21(3)14-7-5-4-6-8-14/h4-10,13H,11-12H2,1-3H3,(H,19,23). The summed E-state index contributed by atoms with van der Waals surface area (Å²) in [7, 11) is 5.53. The van der Waals surface area contributed by atoms with Crippen LogP contribution in [-0.2, 0) is 0 Å². The topological polar surface area (TPSA) is 78.7 Å². The van der Waals surface area contributed by atoms with Crippen LogP contribution in [0.4, 0.5) is 17.1 Å². The van der Waals surface area contributed by atoms with Crippen LogP contribution in [0.15, 0.2) is 48.5 Å². The monoisotopic (exact) mass is 342 g/mol. The van der Waals surface area contributed by atoms with Crippen LogP contribution in [0.25, 0.3) is 0 Å². The summed E-state index contributed by atoms with van der Waals surface area (Å²) in [6, 6.07) is 14.1. The van der Waals surface area contributed by atoms with Crippen molar-refractivity contribution >= 4 is 23.0 Å². The largest absolute Gasteiger partial charge is 0.377 e. The molecule has 0 atom stereocenters. The van der Waals surface area contributed by atoms with Gasteiger partial charge in [-0.1, -0.05) is 18.2 Å². The maximum atomic E-state index is 12.5. The zero-order chi connectivity index (χ0) is 18.4. The van der Waals surface area contributed by atoms with Crippen molar-refractivity contribution in [2.24, 2.45) is 0 Å². The number of para-hydroxylation sites is 1. The average Bonchev–Trinajstić information content (AvgIpc) is 2.61. The first-order valence-electron chi connectivity index (χ1n) is 7.90. The van der Waals surface area contributed by atoms with Crippen molar-refractivity contribution in [1.29, 1.82) is 0 Å². The summed E-state index contributed by atoms with van der Waals surface area (Å²) in [4.78, 5) is 26.7. The minimum absolute atomic E-state index is 0.0999. The third-order valence-corrected chi connectivity index (χ3v) is 3.85. The highest BCUT2D eigenvalue weighted by Crippen LogP contribution is 2.24. The Morgan fingerprint density at radius 3 is 2.40 bits per heavy atom. The molecule has 7 nitrogen and oxygen atoms in total. The number of hydrogen-bond acceptors (Lipinski definition) is 5. The van der Waals surface area contributed by atoms with Crippen molar-refractivity contribution in [2.45, 2.75) is 0 Å². The van der Waals surface area contributed by atoms with E-state index in [-0.39, 0.29) is 11.6 Å². The average molecular weight is 342 g/mol. The van der Waals surface area contributed by atoms with Gasteiger partial charge in [-0.3, -0.25) is 14.9 Å². The van der Waals surface area contributed by atoms with E-state index in [1.165, 1.54) is 12.1 Å². The molecule has 0 saturated heterocycles. The molecule has 0 spiro atoms. The van der Waals surface area contributed by atoms with Crippen LogP contribution in [0.1, 0.15) is 10.4 Å². The summed E-state index contributed by atoms with van der Waals surface area (Å²) in [6.45, 7) is 1.06. The summed E-state index contributed by atoms with van der Waals surface area (Å²) in [5.74, 6) is -0.325. The summed E-state index contributed by atoms with van der Waals surface area (Å²) in [6.07, 6.45) is 0. The second-order valence-electron chi connectivity index (χ2n) is 5.87. The number of benzene rings is 2. The fraction of sp³-hybridized carbons (Fsp3) is 0.278. The Morgan fingerprint density at radius 2 is 1.80 bits per heavy atom. The van der Waals surface area contributed by atoms with E-state index in [1.54, 1.807) is 25.1 Å². The Balaban J connectivity index is 2.05. The number of nitrogens with one attached hydrogen (secondary N) is 1. The number of rotatable bonds is 7. The Kier molecular flexibility index (Phi) is 5.94. The summed E-state index contributed by atoms with van der Waals surface area (Å²) in [5, 5.41) is 13.8. The van der Waals surface area contributed by atoms with Crippen LogP contribution in [0, 0.1) is 10.1 Å². The lowest BCUT2D eigenvalue weighted by atomic mass is 10.1. The van der Waals surface area contributed by atoms with Gasteiger partial charge < -0.3 is 15.1 Å². The SMILES string of the molecule is CN(C)c1ccc([N+](=O)[O-])cc1C(=O)NCCN(C)c1ccccc1. The van der Waals surface area contributed by atoms with Gasteiger partial charge in [-0.15, -0.1) is 0 Å². The smallest absolute Gasteiger partial charge is 0.270 e. The number of carbonyl (C=O) groups is 1. The van der Waals surface area contributed by atoms with E-state index in [4.69, 9.17) is 0 Å². The zero-order valence-corrected chi connectivity index (χ0v) is 14.6. The van der Waals surface area contributed by atoms with Crippen molar-refractivity contribution in [3.63, 3.8) is 0 Å². The van der Waals surface area contributed by atoms with E-state index in [0.717, 1.165) is 5.69 Å². The molecule has 0 aliphatic carbocycles. The second-order valence-corrected chi connectivity index (χ2v) is 5.87. The summed E-state index contributed by atoms with van der Waals surface area (Å²) >= 11 is 0. The highest BCUT2D eigenvalue weighted by atomic mass is 16.6. The van der Waals surface area contributed by atoms with E-state index >= 15 is 0 Å². The molecule has 0 fully saturated rings. The lowest BCUT2D eigenvalue weighted by Crippen LogP contribution is -2.33. The van der Waals surface area contributed by atoms with Crippen LogP contribution in [-0.4, -0.2) is 45.1 Å². The number of non-ortho nitro benzene ring substituents is 1. The first-order valence-corrected chi connectivity index (χ1v) is 7.90. The molecule has 1 amide bonds. The number of amides is 1. The molecule has 0 aromatic heterocycles. The molecule has 0 aliphatic rings. The maximum Gasteiger partial charge on any atom is 0.270 e. The molecular formula is C18H22N4O3. The van der Waals surface area contributed by atoms with Gasteiger partial charge in [0, 0.05) is 57.7 Å². The zero-order valence-electron chi connectivity index (χ0n) is 14.6. The Morgan fingerprint density at radius 1 is 1.12 bits per heavy atom. The minimum atomic E-state index is -0.501. The molecule has 7 heteroatoms. The van der Waals surface area contributed by atoms with Crippen molar-refractivity contribution < 1.29 is 9.72 Å². The molecule has 2 aromatic carbocycles. The lowest BCUT2D eigenvalue weighted by Gasteiger charge is -2.20. The van der Waals surface area contributed by atoms with Crippen LogP contribution < -0.4 is 15.1 Å². The van der Waals surface area contributed by atoms with E-state index in [9.17, 15) is 14.9 Å². The van der Waals surface area contributed by atoms with Gasteiger partial charge in [0.2, 0.25) is 0 Å². The van der Waals surface area contributed by atoms with Gasteiger partial charge in [0.15, 0.2) is 0 Å². The highest BCUT2D eigenvalue weighted by molar-refractivity contribution is 6.00. The lowest BCUT2D eigenvalue weighted by molar-refractivity contribution is -0.384. The van der Waals surface area contributed by atoms with E-state index in [0.29, 0.717) is 24.3 Å². The van der Waals surface area contributed by atoms with E-state index in [1.807, 2.05) is 42.3 Å². The van der Waals surface area contributed by atoms with Crippen LogP contribution >= 0.6 is 0 Å². The van der Waals surface area contributed by atoms with Crippen LogP contribution in [0.2, 0.25) is 0 Å². The number of carbonyl (C=O) groups excluding carboxylic acids is 1. The summed E-state index contributed by atoms with van der Waals surface area (Å²) < 4.78 is 0. The predicted molar refractivity (Wildman–Crippen MR) is 99.5 cm³/mol. The molecule has 25 heavy (non-hydrogen) atoms. The normalized spacial score (nSPS) is 10.2. The highest BCUT2D eigenvalue weighted by Gasteiger charge is 2.17. The Bertz CT molecular complexity index is 747. The second kappa shape index (κ2) is 8.14. The number of anilines is 2. The van der Waals surface area contributed by atoms with Gasteiger partial charge >= 0.3 is 0 Å². The first kappa shape index (κ1) is 18.3. The van der Waals surface area contributed by atoms with Crippen molar-refractivity contribution in [3.8, 4) is 0 Å². The van der Waals surface area contributed by atoms with Gasteiger partial charge in [0.1, 0.15) is 0 Å². The van der Waals surface area contributed by atoms with Crippen LogP contribution in [0.5, 0.6) is 0 Å². The molecule has 132 valence electrons. The number of likely N-dealkylation sites (N-methyl/N-ethyl adjacent to an activating group) is 1. The van der Waals surface area contributed by atoms with E-state index in [2.05, 4.69) is 5.32 Å². The Labute approximate surface area is 147 Å². The van der Waals surface area contributed by atoms with Crippen molar-refractivity contribution in [3.05, 3.63) is 64.2 Å². The Hall–Kier alpha value is -3.09. The molecule has 2 aromatic rings. The molecule has 0 unspecified atom stereocenters.